The van der Waals surface area contributed by atoms with Crippen molar-refractivity contribution in [2.45, 2.75) is 0 Å². The van der Waals surface area contributed by atoms with Gasteiger partial charge in [0.05, 0.1) is 31.1 Å². The van der Waals surface area contributed by atoms with Gasteiger partial charge in [0.25, 0.3) is 22.7 Å². The first-order chi connectivity index (χ1) is 27.1. The molecular weight excluding hydrogens is 716 g/mol. The van der Waals surface area contributed by atoms with Crippen molar-refractivity contribution >= 4 is 56.9 Å². The van der Waals surface area contributed by atoms with E-state index in [1.165, 1.54) is 48.5 Å². The van der Waals surface area contributed by atoms with Gasteiger partial charge in [-0.15, -0.1) is 0 Å². The molecule has 7 aromatic carbocycles. The highest BCUT2D eigenvalue weighted by Crippen LogP contribution is 2.50. The molecule has 0 aliphatic carbocycles. The number of hydrogen-bond acceptors (Lipinski definition) is 10. The number of anilines is 6. The minimum absolute atomic E-state index is 0.122. The second-order valence-corrected chi connectivity index (χ2v) is 12.4. The zero-order chi connectivity index (χ0) is 39.3. The highest BCUT2D eigenvalue weighted by molar-refractivity contribution is 5.98. The molecule has 0 unspecified atom stereocenters. The molecule has 14 heteroatoms. The predicted molar refractivity (Wildman–Crippen MR) is 213 cm³/mol. The molecule has 56 heavy (non-hydrogen) atoms. The fourth-order valence-corrected chi connectivity index (χ4v) is 6.39. The molecule has 0 bridgehead atoms. The van der Waals surface area contributed by atoms with Crippen molar-refractivity contribution in [3.63, 3.8) is 0 Å². The molecule has 7 aromatic rings. The van der Waals surface area contributed by atoms with E-state index >= 15 is 0 Å². The quantitative estimate of drug-likeness (QED) is 0.0862. The molecule has 0 saturated heterocycles. The van der Waals surface area contributed by atoms with Crippen molar-refractivity contribution in [2.24, 2.45) is 0 Å². The van der Waals surface area contributed by atoms with E-state index in [2.05, 4.69) is 0 Å². The Morgan fingerprint density at radius 2 is 0.554 bits per heavy atom. The lowest BCUT2D eigenvalue weighted by Crippen LogP contribution is -2.15. The molecule has 0 radical (unpaired) electrons. The zero-order valence-corrected chi connectivity index (χ0v) is 29.1. The second kappa shape index (κ2) is 15.4. The molecule has 7 rings (SSSR count). The fourth-order valence-electron chi connectivity index (χ4n) is 6.39. The van der Waals surface area contributed by atoms with Gasteiger partial charge in [0.15, 0.2) is 0 Å². The van der Waals surface area contributed by atoms with Gasteiger partial charge >= 0.3 is 0 Å². The van der Waals surface area contributed by atoms with Crippen LogP contribution in [0, 0.1) is 40.5 Å². The van der Waals surface area contributed by atoms with Gasteiger partial charge in [-0.2, -0.15) is 0 Å². The van der Waals surface area contributed by atoms with E-state index in [-0.39, 0.29) is 22.7 Å². The van der Waals surface area contributed by atoms with Gasteiger partial charge in [-0.05, 0) is 71.8 Å². The summed E-state index contributed by atoms with van der Waals surface area (Å²) in [5.74, 6) is 0. The molecule has 0 saturated carbocycles. The minimum atomic E-state index is -0.497. The Balaban J connectivity index is 1.57. The number of nitro groups is 4. The van der Waals surface area contributed by atoms with Crippen molar-refractivity contribution in [2.75, 3.05) is 9.80 Å². The van der Waals surface area contributed by atoms with Gasteiger partial charge in [0.2, 0.25) is 0 Å². The fraction of sp³-hybridized carbons (Fsp3) is 0. The molecule has 0 aliphatic rings. The SMILES string of the molecule is O=[N+]([O-])c1ccc(N(c2ccc([N+](=O)[O-])cc2)c2cc(-c3ccccc3)c(N(c3ccc([N+](=O)[O-])cc3)c3ccc([N+](=O)[O-])cc3)cc2-c2ccccc2)cc1. The largest absolute Gasteiger partial charge is 0.310 e. The van der Waals surface area contributed by atoms with Crippen LogP contribution in [-0.4, -0.2) is 19.7 Å². The first kappa shape index (κ1) is 36.1. The van der Waals surface area contributed by atoms with Crippen molar-refractivity contribution in [1.29, 1.82) is 0 Å². The van der Waals surface area contributed by atoms with Gasteiger partial charge in [0.1, 0.15) is 0 Å². The van der Waals surface area contributed by atoms with Gasteiger partial charge in [0, 0.05) is 82.4 Å². The molecule has 0 fully saturated rings. The maximum atomic E-state index is 11.7. The van der Waals surface area contributed by atoms with E-state index in [9.17, 15) is 40.5 Å². The molecule has 0 aliphatic heterocycles. The van der Waals surface area contributed by atoms with E-state index in [1.54, 1.807) is 48.5 Å². The van der Waals surface area contributed by atoms with Crippen molar-refractivity contribution in [1.82, 2.24) is 0 Å². The Hall–Kier alpha value is -8.26. The highest BCUT2D eigenvalue weighted by atomic mass is 16.6. The molecular formula is C42H28N6O8. The van der Waals surface area contributed by atoms with Crippen LogP contribution in [0.3, 0.4) is 0 Å². The van der Waals surface area contributed by atoms with E-state index in [4.69, 9.17) is 0 Å². The predicted octanol–water partition coefficient (Wildman–Crippen LogP) is 11.6. The lowest BCUT2D eigenvalue weighted by Gasteiger charge is -2.32. The van der Waals surface area contributed by atoms with Crippen molar-refractivity contribution < 1.29 is 19.7 Å². The third-order valence-electron chi connectivity index (χ3n) is 9.04. The molecule has 0 atom stereocenters. The number of hydrogen-bond donors (Lipinski definition) is 0. The Labute approximate surface area is 318 Å². The molecule has 14 nitrogen and oxygen atoms in total. The van der Waals surface area contributed by atoms with Crippen LogP contribution in [0.2, 0.25) is 0 Å². The summed E-state index contributed by atoms with van der Waals surface area (Å²) in [6.45, 7) is 0. The molecule has 0 heterocycles. The molecule has 0 aromatic heterocycles. The first-order valence-electron chi connectivity index (χ1n) is 17.0. The number of nitro benzene ring substituents is 4. The molecule has 0 amide bonds. The van der Waals surface area contributed by atoms with Crippen LogP contribution in [0.1, 0.15) is 0 Å². The number of non-ortho nitro benzene ring substituents is 4. The van der Waals surface area contributed by atoms with Crippen LogP contribution in [0.5, 0.6) is 0 Å². The monoisotopic (exact) mass is 744 g/mol. The van der Waals surface area contributed by atoms with Gasteiger partial charge in [-0.3, -0.25) is 40.5 Å². The van der Waals surface area contributed by atoms with Crippen LogP contribution in [-0.2, 0) is 0 Å². The highest BCUT2D eigenvalue weighted by Gasteiger charge is 2.26. The summed E-state index contributed by atoms with van der Waals surface area (Å²) in [6, 6.07) is 46.6. The topological polar surface area (TPSA) is 179 Å². The average Bonchev–Trinajstić information content (AvgIpc) is 3.22. The zero-order valence-electron chi connectivity index (χ0n) is 29.1. The molecule has 274 valence electrons. The Morgan fingerprint density at radius 1 is 0.321 bits per heavy atom. The lowest BCUT2D eigenvalue weighted by atomic mass is 9.93. The van der Waals surface area contributed by atoms with Crippen LogP contribution >= 0.6 is 0 Å². The van der Waals surface area contributed by atoms with Crippen molar-refractivity contribution in [3.8, 4) is 22.3 Å². The summed E-state index contributed by atoms with van der Waals surface area (Å²) >= 11 is 0. The Morgan fingerprint density at radius 3 is 0.768 bits per heavy atom. The summed E-state index contributed by atoms with van der Waals surface area (Å²) < 4.78 is 0. The summed E-state index contributed by atoms with van der Waals surface area (Å²) in [6.07, 6.45) is 0. The standard InChI is InChI=1S/C42H28N6O8/c49-45(50)35-19-11-31(12-20-35)43(32-13-21-36(22-14-32)46(51)52)41-28-40(30-9-5-2-6-10-30)42(27-39(41)29-7-3-1-4-8-29)44(33-15-23-37(24-16-33)47(53)54)34-17-25-38(26-18-34)48(55)56/h1-28H. The summed E-state index contributed by atoms with van der Waals surface area (Å²) in [5, 5.41) is 46.6. The Kier molecular flexibility index (Phi) is 9.92. The van der Waals surface area contributed by atoms with E-state index in [1.807, 2.05) is 82.6 Å². The van der Waals surface area contributed by atoms with E-state index in [0.29, 0.717) is 45.3 Å². The van der Waals surface area contributed by atoms with Crippen LogP contribution in [0.15, 0.2) is 170 Å². The Bertz CT molecular complexity index is 2270. The second-order valence-electron chi connectivity index (χ2n) is 12.4. The normalized spacial score (nSPS) is 10.7. The number of nitrogens with zero attached hydrogens (tertiary/aromatic N) is 6. The van der Waals surface area contributed by atoms with Crippen LogP contribution in [0.25, 0.3) is 22.3 Å². The van der Waals surface area contributed by atoms with Gasteiger partial charge in [-0.25, -0.2) is 0 Å². The average molecular weight is 745 g/mol. The van der Waals surface area contributed by atoms with Gasteiger partial charge < -0.3 is 9.80 Å². The van der Waals surface area contributed by atoms with Crippen molar-refractivity contribution in [3.05, 3.63) is 210 Å². The lowest BCUT2D eigenvalue weighted by molar-refractivity contribution is -0.385. The number of rotatable bonds is 12. The third-order valence-corrected chi connectivity index (χ3v) is 9.04. The summed E-state index contributed by atoms with van der Waals surface area (Å²) in [7, 11) is 0. The van der Waals surface area contributed by atoms with Crippen LogP contribution < -0.4 is 9.80 Å². The minimum Gasteiger partial charge on any atom is -0.310 e. The van der Waals surface area contributed by atoms with E-state index < -0.39 is 19.7 Å². The third kappa shape index (κ3) is 7.33. The van der Waals surface area contributed by atoms with Gasteiger partial charge in [-0.1, -0.05) is 60.7 Å². The maximum Gasteiger partial charge on any atom is 0.269 e. The smallest absolute Gasteiger partial charge is 0.269 e. The summed E-state index contributed by atoms with van der Waals surface area (Å²) in [5.41, 5.74) is 5.70. The molecule has 0 spiro atoms. The maximum absolute atomic E-state index is 11.7. The number of benzene rings is 7. The summed E-state index contributed by atoms with van der Waals surface area (Å²) in [4.78, 5) is 48.4. The van der Waals surface area contributed by atoms with Crippen LogP contribution in [0.4, 0.5) is 56.9 Å². The van der Waals surface area contributed by atoms with E-state index in [0.717, 1.165) is 11.1 Å². The molecule has 0 N–H and O–H groups in total. The first-order valence-corrected chi connectivity index (χ1v) is 17.0.